The molecule has 0 saturated carbocycles. The van der Waals surface area contributed by atoms with Crippen molar-refractivity contribution >= 4 is 17.8 Å². The van der Waals surface area contributed by atoms with Gasteiger partial charge in [0, 0.05) is 6.92 Å². The van der Waals surface area contributed by atoms with Crippen molar-refractivity contribution in [3.05, 3.63) is 71.3 Å². The summed E-state index contributed by atoms with van der Waals surface area (Å²) < 4.78 is 5.14. The molecule has 0 bridgehead atoms. The number of nitrogens with one attached hydrogen (secondary N) is 2. The highest BCUT2D eigenvalue weighted by Gasteiger charge is 2.19. The summed E-state index contributed by atoms with van der Waals surface area (Å²) >= 11 is 0. The molecule has 0 aliphatic heterocycles. The molecule has 29 heavy (non-hydrogen) atoms. The standard InChI is InChI=1S/C23H28N2O4/c1-4-20(19-12-10-16(2)11-13-19)25-22(27)15-29-23(28)14-21(24-17(3)26)18-8-6-5-7-9-18/h5-13,20-21H,4,14-15H2,1-3H3,(H,24,26)(H,25,27)/t20-,21-/m0/s1. The third-order valence-electron chi connectivity index (χ3n) is 4.54. The minimum Gasteiger partial charge on any atom is -0.456 e. The van der Waals surface area contributed by atoms with Crippen LogP contribution in [-0.4, -0.2) is 24.4 Å². The summed E-state index contributed by atoms with van der Waals surface area (Å²) in [5, 5.41) is 5.63. The molecular formula is C23H28N2O4. The summed E-state index contributed by atoms with van der Waals surface area (Å²) in [5.41, 5.74) is 2.96. The van der Waals surface area contributed by atoms with E-state index in [4.69, 9.17) is 4.74 Å². The minimum absolute atomic E-state index is 0.0496. The molecule has 0 unspecified atom stereocenters. The van der Waals surface area contributed by atoms with E-state index in [1.54, 1.807) is 0 Å². The number of carbonyl (C=O) groups excluding carboxylic acids is 3. The fraction of sp³-hybridized carbons (Fsp3) is 0.348. The van der Waals surface area contributed by atoms with E-state index in [1.165, 1.54) is 6.92 Å². The van der Waals surface area contributed by atoms with Crippen molar-refractivity contribution in [2.75, 3.05) is 6.61 Å². The van der Waals surface area contributed by atoms with Crippen molar-refractivity contribution in [1.29, 1.82) is 0 Å². The molecule has 0 aliphatic carbocycles. The van der Waals surface area contributed by atoms with E-state index in [0.717, 1.165) is 23.1 Å². The van der Waals surface area contributed by atoms with E-state index in [1.807, 2.05) is 68.4 Å². The summed E-state index contributed by atoms with van der Waals surface area (Å²) in [6, 6.07) is 16.5. The van der Waals surface area contributed by atoms with Gasteiger partial charge >= 0.3 is 5.97 Å². The first kappa shape index (κ1) is 22.1. The Morgan fingerprint density at radius 2 is 1.52 bits per heavy atom. The average molecular weight is 396 g/mol. The number of aryl methyl sites for hydroxylation is 1. The first-order chi connectivity index (χ1) is 13.9. The van der Waals surface area contributed by atoms with Crippen molar-refractivity contribution in [2.24, 2.45) is 0 Å². The van der Waals surface area contributed by atoms with E-state index in [9.17, 15) is 14.4 Å². The van der Waals surface area contributed by atoms with Crippen LogP contribution in [-0.2, 0) is 19.1 Å². The molecule has 154 valence electrons. The van der Waals surface area contributed by atoms with E-state index in [0.29, 0.717) is 0 Å². The fourth-order valence-electron chi connectivity index (χ4n) is 3.01. The highest BCUT2D eigenvalue weighted by Crippen LogP contribution is 2.18. The number of esters is 1. The predicted octanol–water partition coefficient (Wildman–Crippen LogP) is 3.37. The first-order valence-electron chi connectivity index (χ1n) is 9.72. The summed E-state index contributed by atoms with van der Waals surface area (Å²) in [6.07, 6.45) is 0.674. The predicted molar refractivity (Wildman–Crippen MR) is 111 cm³/mol. The van der Waals surface area contributed by atoms with E-state index in [-0.39, 0.29) is 30.9 Å². The van der Waals surface area contributed by atoms with Crippen LogP contribution in [0.5, 0.6) is 0 Å². The van der Waals surface area contributed by atoms with Gasteiger partial charge in [-0.1, -0.05) is 67.1 Å². The molecule has 0 radical (unpaired) electrons. The number of rotatable bonds is 9. The molecule has 2 amide bonds. The molecule has 2 atom stereocenters. The topological polar surface area (TPSA) is 84.5 Å². The summed E-state index contributed by atoms with van der Waals surface area (Å²) in [6.45, 7) is 5.02. The Balaban J connectivity index is 1.88. The molecule has 0 heterocycles. The molecule has 6 heteroatoms. The van der Waals surface area contributed by atoms with Crippen molar-refractivity contribution in [1.82, 2.24) is 10.6 Å². The van der Waals surface area contributed by atoms with Gasteiger partial charge in [0.25, 0.3) is 5.91 Å². The van der Waals surface area contributed by atoms with Gasteiger partial charge in [0.05, 0.1) is 18.5 Å². The van der Waals surface area contributed by atoms with Gasteiger partial charge in [-0.2, -0.15) is 0 Å². The Morgan fingerprint density at radius 3 is 2.10 bits per heavy atom. The van der Waals surface area contributed by atoms with Crippen LogP contribution < -0.4 is 10.6 Å². The minimum atomic E-state index is -0.550. The molecular weight excluding hydrogens is 368 g/mol. The Hall–Kier alpha value is -3.15. The zero-order valence-corrected chi connectivity index (χ0v) is 17.1. The molecule has 2 aromatic carbocycles. The maximum atomic E-state index is 12.2. The highest BCUT2D eigenvalue weighted by molar-refractivity contribution is 5.81. The van der Waals surface area contributed by atoms with Gasteiger partial charge in [0.2, 0.25) is 5.91 Å². The summed E-state index contributed by atoms with van der Waals surface area (Å²) in [4.78, 5) is 35.9. The van der Waals surface area contributed by atoms with E-state index < -0.39 is 12.0 Å². The molecule has 2 N–H and O–H groups in total. The van der Waals surface area contributed by atoms with Crippen LogP contribution in [0.25, 0.3) is 0 Å². The molecule has 0 spiro atoms. The van der Waals surface area contributed by atoms with Crippen molar-refractivity contribution in [2.45, 2.75) is 45.7 Å². The second-order valence-electron chi connectivity index (χ2n) is 6.97. The van der Waals surface area contributed by atoms with Crippen LogP contribution >= 0.6 is 0 Å². The number of benzene rings is 2. The third kappa shape index (κ3) is 7.41. The van der Waals surface area contributed by atoms with E-state index in [2.05, 4.69) is 10.6 Å². The third-order valence-corrected chi connectivity index (χ3v) is 4.54. The van der Waals surface area contributed by atoms with E-state index >= 15 is 0 Å². The lowest BCUT2D eigenvalue weighted by molar-refractivity contribution is -0.149. The second-order valence-corrected chi connectivity index (χ2v) is 6.97. The Bertz CT molecular complexity index is 819. The molecule has 0 aromatic heterocycles. The van der Waals surface area contributed by atoms with Gasteiger partial charge in [-0.15, -0.1) is 0 Å². The van der Waals surface area contributed by atoms with Crippen LogP contribution in [0.15, 0.2) is 54.6 Å². The molecule has 0 aliphatic rings. The number of ether oxygens (including phenoxy) is 1. The fourth-order valence-corrected chi connectivity index (χ4v) is 3.01. The maximum Gasteiger partial charge on any atom is 0.308 e. The van der Waals surface area contributed by atoms with Gasteiger partial charge in [-0.25, -0.2) is 0 Å². The number of hydrogen-bond donors (Lipinski definition) is 2. The second kappa shape index (κ2) is 11.0. The van der Waals surface area contributed by atoms with Crippen molar-refractivity contribution < 1.29 is 19.1 Å². The van der Waals surface area contributed by atoms with Gasteiger partial charge in [-0.05, 0) is 24.5 Å². The lowest BCUT2D eigenvalue weighted by Gasteiger charge is -2.19. The lowest BCUT2D eigenvalue weighted by atomic mass is 10.0. The zero-order valence-electron chi connectivity index (χ0n) is 17.1. The van der Waals surface area contributed by atoms with Crippen LogP contribution in [0.4, 0.5) is 0 Å². The molecule has 2 rings (SSSR count). The zero-order chi connectivity index (χ0) is 21.2. The maximum absolute atomic E-state index is 12.2. The lowest BCUT2D eigenvalue weighted by Crippen LogP contribution is -2.33. The van der Waals surface area contributed by atoms with Gasteiger partial charge < -0.3 is 15.4 Å². The number of amides is 2. The Labute approximate surface area is 171 Å². The number of hydrogen-bond acceptors (Lipinski definition) is 4. The molecule has 0 fully saturated rings. The van der Waals surface area contributed by atoms with Gasteiger partial charge in [0.1, 0.15) is 0 Å². The number of carbonyl (C=O) groups is 3. The summed E-state index contributed by atoms with van der Waals surface area (Å²) in [7, 11) is 0. The van der Waals surface area contributed by atoms with Gasteiger partial charge in [0.15, 0.2) is 6.61 Å². The Morgan fingerprint density at radius 1 is 0.897 bits per heavy atom. The van der Waals surface area contributed by atoms with Crippen LogP contribution in [0, 0.1) is 6.92 Å². The highest BCUT2D eigenvalue weighted by atomic mass is 16.5. The quantitative estimate of drug-likeness (QED) is 0.637. The van der Waals surface area contributed by atoms with Crippen molar-refractivity contribution in [3.8, 4) is 0 Å². The SMILES string of the molecule is CC[C@H](NC(=O)COC(=O)C[C@H](NC(C)=O)c1ccccc1)c1ccc(C)cc1. The van der Waals surface area contributed by atoms with Crippen molar-refractivity contribution in [3.63, 3.8) is 0 Å². The summed E-state index contributed by atoms with van der Waals surface area (Å²) in [5.74, 6) is -1.15. The molecule has 2 aromatic rings. The molecule has 0 saturated heterocycles. The van der Waals surface area contributed by atoms with Gasteiger partial charge in [-0.3, -0.25) is 14.4 Å². The monoisotopic (exact) mass is 396 g/mol. The first-order valence-corrected chi connectivity index (χ1v) is 9.72. The Kier molecular flexibility index (Phi) is 8.40. The van der Waals surface area contributed by atoms with Crippen LogP contribution in [0.2, 0.25) is 0 Å². The van der Waals surface area contributed by atoms with Crippen LogP contribution in [0.3, 0.4) is 0 Å². The van der Waals surface area contributed by atoms with Crippen LogP contribution in [0.1, 0.15) is 55.5 Å². The smallest absolute Gasteiger partial charge is 0.308 e. The average Bonchev–Trinajstić information content (AvgIpc) is 2.71. The molecule has 6 nitrogen and oxygen atoms in total. The normalized spacial score (nSPS) is 12.5. The largest absolute Gasteiger partial charge is 0.456 e.